The summed E-state index contributed by atoms with van der Waals surface area (Å²) in [5.41, 5.74) is 2.37. The Morgan fingerprint density at radius 2 is 1.88 bits per heavy atom. The summed E-state index contributed by atoms with van der Waals surface area (Å²) < 4.78 is 42.5. The Labute approximate surface area is 144 Å². The van der Waals surface area contributed by atoms with Crippen LogP contribution >= 0.6 is 0 Å². The summed E-state index contributed by atoms with van der Waals surface area (Å²) in [6.07, 6.45) is -4.01. The molecule has 25 heavy (non-hydrogen) atoms. The summed E-state index contributed by atoms with van der Waals surface area (Å²) in [5.74, 6) is -0.391. The number of aryl methyl sites for hydroxylation is 1. The van der Waals surface area contributed by atoms with Gasteiger partial charge in [0.15, 0.2) is 6.04 Å². The van der Waals surface area contributed by atoms with E-state index in [1.807, 2.05) is 19.1 Å². The molecule has 2 aromatic carbocycles. The minimum absolute atomic E-state index is 0.0335. The van der Waals surface area contributed by atoms with E-state index in [0.717, 1.165) is 10.4 Å². The predicted molar refractivity (Wildman–Crippen MR) is 90.8 cm³/mol. The van der Waals surface area contributed by atoms with Crippen LogP contribution in [0.15, 0.2) is 36.4 Å². The van der Waals surface area contributed by atoms with Crippen molar-refractivity contribution in [3.8, 4) is 0 Å². The van der Waals surface area contributed by atoms with Gasteiger partial charge in [-0.3, -0.25) is 10.2 Å². The van der Waals surface area contributed by atoms with E-state index in [-0.39, 0.29) is 12.0 Å². The molecule has 3 rings (SSSR count). The minimum atomic E-state index is -4.52. The zero-order valence-electron chi connectivity index (χ0n) is 14.4. The van der Waals surface area contributed by atoms with Crippen LogP contribution in [0.5, 0.6) is 0 Å². The van der Waals surface area contributed by atoms with Gasteiger partial charge in [0, 0.05) is 12.0 Å². The summed E-state index contributed by atoms with van der Waals surface area (Å²) in [6, 6.07) is 8.77. The smallest absolute Gasteiger partial charge is 0.287 e. The topological polar surface area (TPSA) is 32.3 Å². The number of rotatable bonds is 3. The van der Waals surface area contributed by atoms with Crippen molar-refractivity contribution in [3.05, 3.63) is 47.5 Å². The lowest BCUT2D eigenvalue weighted by Crippen LogP contribution is -2.51. The maximum atomic E-state index is 14.2. The molecule has 0 radical (unpaired) electrons. The van der Waals surface area contributed by atoms with Gasteiger partial charge in [0.05, 0.1) is 0 Å². The molecule has 0 aliphatic carbocycles. The van der Waals surface area contributed by atoms with Gasteiger partial charge in [-0.15, -0.1) is 0 Å². The largest absolute Gasteiger partial charge is 0.409 e. The van der Waals surface area contributed by atoms with E-state index in [1.165, 1.54) is 0 Å². The van der Waals surface area contributed by atoms with Crippen LogP contribution < -0.4 is 5.43 Å². The van der Waals surface area contributed by atoms with E-state index < -0.39 is 23.7 Å². The number of hydrazine groups is 1. The predicted octanol–water partition coefficient (Wildman–Crippen LogP) is 4.52. The summed E-state index contributed by atoms with van der Waals surface area (Å²) in [7, 11) is 0. The highest BCUT2D eigenvalue weighted by Gasteiger charge is 2.53. The number of amides is 1. The molecular formula is C19H21F3N2O. The van der Waals surface area contributed by atoms with Crippen LogP contribution in [-0.2, 0) is 11.2 Å². The summed E-state index contributed by atoms with van der Waals surface area (Å²) in [4.78, 5) is 11.8. The molecule has 134 valence electrons. The Bertz CT molecular complexity index is 814. The quantitative estimate of drug-likeness (QED) is 0.883. The molecule has 1 amide bonds. The third kappa shape index (κ3) is 3.11. The van der Waals surface area contributed by atoms with Crippen LogP contribution in [0.1, 0.15) is 44.4 Å². The van der Waals surface area contributed by atoms with Crippen molar-refractivity contribution in [3.63, 3.8) is 0 Å². The number of alkyl halides is 3. The first-order valence-corrected chi connectivity index (χ1v) is 8.31. The molecule has 1 aliphatic rings. The van der Waals surface area contributed by atoms with Gasteiger partial charge in [-0.1, -0.05) is 43.3 Å². The Hall–Kier alpha value is -2.08. The van der Waals surface area contributed by atoms with Crippen molar-refractivity contribution in [2.24, 2.45) is 0 Å². The molecule has 2 aromatic rings. The summed E-state index contributed by atoms with van der Waals surface area (Å²) in [5, 5.41) is 2.41. The molecular weight excluding hydrogens is 329 g/mol. The van der Waals surface area contributed by atoms with Crippen molar-refractivity contribution in [2.45, 2.75) is 51.4 Å². The first kappa shape index (κ1) is 17.7. The van der Waals surface area contributed by atoms with Gasteiger partial charge in [-0.05, 0) is 42.2 Å². The van der Waals surface area contributed by atoms with Crippen molar-refractivity contribution < 1.29 is 18.0 Å². The van der Waals surface area contributed by atoms with E-state index in [0.29, 0.717) is 17.4 Å². The second kappa shape index (κ2) is 6.02. The van der Waals surface area contributed by atoms with Gasteiger partial charge in [-0.25, -0.2) is 0 Å². The number of fused-ring (bicyclic) bond motifs is 1. The molecule has 0 unspecified atom stereocenters. The zero-order chi connectivity index (χ0) is 18.4. The van der Waals surface area contributed by atoms with Crippen molar-refractivity contribution in [2.75, 3.05) is 0 Å². The second-order valence-corrected chi connectivity index (χ2v) is 7.05. The Kier molecular flexibility index (Phi) is 4.27. The van der Waals surface area contributed by atoms with Gasteiger partial charge < -0.3 is 0 Å². The SMILES string of the molecule is CCc1ccc2ccccc2c1[C@H](N1NC(=O)CC1(C)C)C(F)(F)F. The van der Waals surface area contributed by atoms with E-state index >= 15 is 0 Å². The highest BCUT2D eigenvalue weighted by atomic mass is 19.4. The lowest BCUT2D eigenvalue weighted by Gasteiger charge is -2.39. The molecule has 0 spiro atoms. The molecule has 0 aromatic heterocycles. The molecule has 1 heterocycles. The molecule has 1 N–H and O–H groups in total. The number of carbonyl (C=O) groups is 1. The van der Waals surface area contributed by atoms with Gasteiger partial charge in [-0.2, -0.15) is 18.2 Å². The Balaban J connectivity index is 2.28. The zero-order valence-corrected chi connectivity index (χ0v) is 14.4. The number of halogens is 3. The second-order valence-electron chi connectivity index (χ2n) is 7.05. The molecule has 6 heteroatoms. The lowest BCUT2D eigenvalue weighted by atomic mass is 9.89. The summed E-state index contributed by atoms with van der Waals surface area (Å²) in [6.45, 7) is 5.15. The highest BCUT2D eigenvalue weighted by Crippen LogP contribution is 2.46. The maximum Gasteiger partial charge on any atom is 0.409 e. The fourth-order valence-electron chi connectivity index (χ4n) is 3.63. The molecule has 1 aliphatic heterocycles. The maximum absolute atomic E-state index is 14.2. The Morgan fingerprint density at radius 1 is 1.20 bits per heavy atom. The van der Waals surface area contributed by atoms with Gasteiger partial charge in [0.25, 0.3) is 0 Å². The lowest BCUT2D eigenvalue weighted by molar-refractivity contribution is -0.203. The van der Waals surface area contributed by atoms with E-state index in [9.17, 15) is 18.0 Å². The van der Waals surface area contributed by atoms with Crippen LogP contribution in [0, 0.1) is 0 Å². The van der Waals surface area contributed by atoms with Gasteiger partial charge in [0.1, 0.15) is 0 Å². The first-order valence-electron chi connectivity index (χ1n) is 8.31. The van der Waals surface area contributed by atoms with Crippen LogP contribution in [0.25, 0.3) is 10.8 Å². The van der Waals surface area contributed by atoms with Crippen molar-refractivity contribution in [1.29, 1.82) is 0 Å². The van der Waals surface area contributed by atoms with E-state index in [2.05, 4.69) is 5.43 Å². The third-order valence-corrected chi connectivity index (χ3v) is 4.77. The molecule has 1 saturated heterocycles. The van der Waals surface area contributed by atoms with E-state index in [4.69, 9.17) is 0 Å². The van der Waals surface area contributed by atoms with Gasteiger partial charge in [0.2, 0.25) is 5.91 Å². The number of nitrogens with zero attached hydrogens (tertiary/aromatic N) is 1. The summed E-state index contributed by atoms with van der Waals surface area (Å²) >= 11 is 0. The average molecular weight is 350 g/mol. The number of carbonyl (C=O) groups excluding carboxylic acids is 1. The van der Waals surface area contributed by atoms with Crippen LogP contribution in [0.4, 0.5) is 13.2 Å². The third-order valence-electron chi connectivity index (χ3n) is 4.77. The molecule has 1 fully saturated rings. The fourth-order valence-corrected chi connectivity index (χ4v) is 3.63. The molecule has 0 bridgehead atoms. The monoisotopic (exact) mass is 350 g/mol. The van der Waals surface area contributed by atoms with Crippen LogP contribution in [-0.4, -0.2) is 22.6 Å². The van der Waals surface area contributed by atoms with Gasteiger partial charge >= 0.3 is 6.18 Å². The molecule has 3 nitrogen and oxygen atoms in total. The fraction of sp³-hybridized carbons (Fsp3) is 0.421. The van der Waals surface area contributed by atoms with Crippen molar-refractivity contribution in [1.82, 2.24) is 10.4 Å². The number of nitrogens with one attached hydrogen (secondary N) is 1. The standard InChI is InChI=1S/C19H21F3N2O/c1-4-12-9-10-13-7-5-6-8-14(13)16(12)17(19(20,21)22)24-18(2,3)11-15(25)23-24/h5-10,17H,4,11H2,1-3H3,(H,23,25)/t17-/m0/s1. The Morgan fingerprint density at radius 3 is 2.44 bits per heavy atom. The van der Waals surface area contributed by atoms with Crippen molar-refractivity contribution >= 4 is 16.7 Å². The number of hydrogen-bond acceptors (Lipinski definition) is 2. The number of benzene rings is 2. The van der Waals surface area contributed by atoms with Crippen LogP contribution in [0.3, 0.4) is 0 Å². The number of hydrogen-bond donors (Lipinski definition) is 1. The van der Waals surface area contributed by atoms with Crippen LogP contribution in [0.2, 0.25) is 0 Å². The highest BCUT2D eigenvalue weighted by molar-refractivity contribution is 5.87. The first-order chi connectivity index (χ1) is 11.6. The van der Waals surface area contributed by atoms with E-state index in [1.54, 1.807) is 38.1 Å². The average Bonchev–Trinajstić information content (AvgIpc) is 2.78. The minimum Gasteiger partial charge on any atom is -0.287 e. The molecule has 0 saturated carbocycles. The normalized spacial score (nSPS) is 19.2. The molecule has 1 atom stereocenters.